The number of hydrogen-bond acceptors (Lipinski definition) is 5. The summed E-state index contributed by atoms with van der Waals surface area (Å²) >= 11 is 0. The lowest BCUT2D eigenvalue weighted by atomic mass is 10.1. The predicted molar refractivity (Wildman–Crippen MR) is 99.7 cm³/mol. The minimum Gasteiger partial charge on any atom is -0.382 e. The van der Waals surface area contributed by atoms with Gasteiger partial charge in [0, 0.05) is 36.7 Å². The Balaban J connectivity index is 1.82. The highest BCUT2D eigenvalue weighted by molar-refractivity contribution is 6.08. The second-order valence-corrected chi connectivity index (χ2v) is 6.33. The van der Waals surface area contributed by atoms with Crippen LogP contribution in [-0.2, 0) is 4.74 Å². The van der Waals surface area contributed by atoms with Crippen LogP contribution in [0, 0.1) is 17.0 Å². The molecule has 1 heterocycles. The van der Waals surface area contributed by atoms with E-state index in [9.17, 15) is 14.9 Å². The average molecular weight is 355 g/mol. The molecule has 0 saturated carbocycles. The van der Waals surface area contributed by atoms with Crippen LogP contribution in [0.25, 0.3) is 0 Å². The van der Waals surface area contributed by atoms with Crippen molar-refractivity contribution in [1.82, 2.24) is 0 Å². The van der Waals surface area contributed by atoms with Crippen molar-refractivity contribution >= 4 is 23.0 Å². The number of carbonyl (C=O) groups excluding carboxylic acids is 1. The molecule has 0 bridgehead atoms. The van der Waals surface area contributed by atoms with E-state index < -0.39 is 10.8 Å². The molecule has 1 aliphatic heterocycles. The maximum atomic E-state index is 12.7. The number of aryl methyl sites for hydroxylation is 1. The largest absolute Gasteiger partial charge is 0.382 e. The molecular formula is C19H21N3O4. The van der Waals surface area contributed by atoms with Crippen molar-refractivity contribution < 1.29 is 14.5 Å². The van der Waals surface area contributed by atoms with E-state index in [0.717, 1.165) is 25.0 Å². The quantitative estimate of drug-likeness (QED) is 0.608. The smallest absolute Gasteiger partial charge is 0.270 e. The van der Waals surface area contributed by atoms with E-state index in [4.69, 9.17) is 4.74 Å². The van der Waals surface area contributed by atoms with Gasteiger partial charge in [-0.2, -0.15) is 0 Å². The Kier molecular flexibility index (Phi) is 5.48. The zero-order chi connectivity index (χ0) is 18.5. The van der Waals surface area contributed by atoms with Crippen molar-refractivity contribution in [3.05, 3.63) is 63.7 Å². The molecule has 0 radical (unpaired) electrons. The maximum absolute atomic E-state index is 12.7. The zero-order valence-electron chi connectivity index (χ0n) is 14.5. The van der Waals surface area contributed by atoms with Gasteiger partial charge in [-0.15, -0.1) is 0 Å². The van der Waals surface area contributed by atoms with Crippen LogP contribution in [0.4, 0.5) is 17.1 Å². The number of benzene rings is 2. The summed E-state index contributed by atoms with van der Waals surface area (Å²) in [4.78, 5) is 23.3. The van der Waals surface area contributed by atoms with Crippen LogP contribution in [0.15, 0.2) is 42.5 Å². The highest BCUT2D eigenvalue weighted by atomic mass is 16.6. The molecule has 7 nitrogen and oxygen atoms in total. The monoisotopic (exact) mass is 355 g/mol. The first-order valence-corrected chi connectivity index (χ1v) is 8.55. The Morgan fingerprint density at radius 2 is 2.15 bits per heavy atom. The molecule has 2 aromatic carbocycles. The lowest BCUT2D eigenvalue weighted by Gasteiger charge is -2.15. The minimum atomic E-state index is -0.507. The number of ether oxygens (including phenoxy) is 1. The molecule has 7 heteroatoms. The molecule has 3 rings (SSSR count). The Morgan fingerprint density at radius 1 is 1.31 bits per heavy atom. The van der Waals surface area contributed by atoms with Gasteiger partial charge in [0.25, 0.3) is 11.6 Å². The van der Waals surface area contributed by atoms with Gasteiger partial charge < -0.3 is 15.4 Å². The van der Waals surface area contributed by atoms with E-state index in [0.29, 0.717) is 17.9 Å². The number of anilines is 2. The molecule has 26 heavy (non-hydrogen) atoms. The molecule has 0 aliphatic carbocycles. The number of nitro benzene ring substituents is 1. The molecule has 0 aromatic heterocycles. The summed E-state index contributed by atoms with van der Waals surface area (Å²) in [5.41, 5.74) is 2.32. The number of carbonyl (C=O) groups is 1. The Bertz CT molecular complexity index is 816. The van der Waals surface area contributed by atoms with Gasteiger partial charge in [-0.25, -0.2) is 0 Å². The van der Waals surface area contributed by atoms with Crippen LogP contribution < -0.4 is 10.6 Å². The molecule has 1 aliphatic rings. The third kappa shape index (κ3) is 4.37. The van der Waals surface area contributed by atoms with Gasteiger partial charge in [-0.05, 0) is 43.5 Å². The Hall–Kier alpha value is -2.93. The van der Waals surface area contributed by atoms with E-state index >= 15 is 0 Å². The second kappa shape index (κ2) is 7.97. The summed E-state index contributed by atoms with van der Waals surface area (Å²) in [6, 6.07) is 11.6. The van der Waals surface area contributed by atoms with E-state index in [1.54, 1.807) is 12.1 Å². The highest BCUT2D eigenvalue weighted by Gasteiger charge is 2.20. The number of nitro groups is 1. The first-order valence-electron chi connectivity index (χ1n) is 8.55. The molecule has 0 unspecified atom stereocenters. The average Bonchev–Trinajstić information content (AvgIpc) is 3.13. The fraction of sp³-hybridized carbons (Fsp3) is 0.316. The molecule has 1 saturated heterocycles. The van der Waals surface area contributed by atoms with Crippen LogP contribution in [0.2, 0.25) is 0 Å². The van der Waals surface area contributed by atoms with Crippen LogP contribution in [-0.4, -0.2) is 30.1 Å². The van der Waals surface area contributed by atoms with Gasteiger partial charge in [0.1, 0.15) is 0 Å². The zero-order valence-corrected chi connectivity index (χ0v) is 14.5. The Labute approximate surface area is 151 Å². The first-order chi connectivity index (χ1) is 12.5. The third-order valence-electron chi connectivity index (χ3n) is 4.28. The Morgan fingerprint density at radius 3 is 2.85 bits per heavy atom. The summed E-state index contributed by atoms with van der Waals surface area (Å²) < 4.78 is 5.57. The van der Waals surface area contributed by atoms with E-state index in [2.05, 4.69) is 10.6 Å². The third-order valence-corrected chi connectivity index (χ3v) is 4.28. The summed E-state index contributed by atoms with van der Waals surface area (Å²) in [6.07, 6.45) is 2.08. The number of rotatable bonds is 6. The normalized spacial score (nSPS) is 16.3. The number of nitrogens with zero attached hydrogens (tertiary/aromatic N) is 1. The summed E-state index contributed by atoms with van der Waals surface area (Å²) in [6.45, 7) is 3.23. The van der Waals surface area contributed by atoms with Crippen molar-refractivity contribution in [2.75, 3.05) is 23.8 Å². The molecule has 2 N–H and O–H groups in total. The van der Waals surface area contributed by atoms with Crippen LogP contribution in [0.3, 0.4) is 0 Å². The van der Waals surface area contributed by atoms with Gasteiger partial charge in [0.15, 0.2) is 0 Å². The van der Waals surface area contributed by atoms with Gasteiger partial charge in [0.2, 0.25) is 0 Å². The lowest BCUT2D eigenvalue weighted by Crippen LogP contribution is -2.21. The molecular weight excluding hydrogens is 334 g/mol. The molecule has 0 spiro atoms. The summed E-state index contributed by atoms with van der Waals surface area (Å²) in [5, 5.41) is 17.1. The van der Waals surface area contributed by atoms with E-state index in [1.807, 2.05) is 25.1 Å². The first kappa shape index (κ1) is 17.9. The summed E-state index contributed by atoms with van der Waals surface area (Å²) in [5.74, 6) is -0.394. The topological polar surface area (TPSA) is 93.5 Å². The van der Waals surface area contributed by atoms with Crippen LogP contribution in [0.1, 0.15) is 28.8 Å². The number of nitrogens with one attached hydrogen (secondary N) is 2. The van der Waals surface area contributed by atoms with Crippen molar-refractivity contribution in [1.29, 1.82) is 0 Å². The summed E-state index contributed by atoms with van der Waals surface area (Å²) in [7, 11) is 0. The van der Waals surface area contributed by atoms with Crippen molar-refractivity contribution in [3.63, 3.8) is 0 Å². The van der Waals surface area contributed by atoms with Gasteiger partial charge in [0.05, 0.1) is 16.6 Å². The molecule has 2 aromatic rings. The maximum Gasteiger partial charge on any atom is 0.270 e. The lowest BCUT2D eigenvalue weighted by molar-refractivity contribution is -0.384. The van der Waals surface area contributed by atoms with Crippen molar-refractivity contribution in [2.24, 2.45) is 0 Å². The molecule has 1 amide bonds. The SMILES string of the molecule is Cc1cccc(NC(=O)c2cc([N+](=O)[O-])ccc2NC[C@@H]2CCCO2)c1. The molecule has 1 fully saturated rings. The van der Waals surface area contributed by atoms with E-state index in [1.165, 1.54) is 12.1 Å². The van der Waals surface area contributed by atoms with Crippen molar-refractivity contribution in [2.45, 2.75) is 25.9 Å². The fourth-order valence-electron chi connectivity index (χ4n) is 2.94. The predicted octanol–water partition coefficient (Wildman–Crippen LogP) is 3.75. The van der Waals surface area contributed by atoms with Crippen molar-refractivity contribution in [3.8, 4) is 0 Å². The second-order valence-electron chi connectivity index (χ2n) is 6.33. The number of non-ortho nitro benzene ring substituents is 1. The minimum absolute atomic E-state index is 0.0953. The number of amides is 1. The van der Waals surface area contributed by atoms with Crippen LogP contribution in [0.5, 0.6) is 0 Å². The number of hydrogen-bond donors (Lipinski definition) is 2. The molecule has 1 atom stereocenters. The van der Waals surface area contributed by atoms with Crippen LogP contribution >= 0.6 is 0 Å². The fourth-order valence-corrected chi connectivity index (χ4v) is 2.94. The molecule has 136 valence electrons. The standard InChI is InChI=1S/C19H21N3O4/c1-13-4-2-5-14(10-13)21-19(23)17-11-15(22(24)25)7-8-18(17)20-12-16-6-3-9-26-16/h2,4-5,7-8,10-11,16,20H,3,6,9,12H2,1H3,(H,21,23)/t16-/m0/s1. The van der Waals surface area contributed by atoms with E-state index in [-0.39, 0.29) is 17.4 Å². The highest BCUT2D eigenvalue weighted by Crippen LogP contribution is 2.24. The van der Waals surface area contributed by atoms with Gasteiger partial charge >= 0.3 is 0 Å². The van der Waals surface area contributed by atoms with Gasteiger partial charge in [-0.1, -0.05) is 12.1 Å². The van der Waals surface area contributed by atoms with Gasteiger partial charge in [-0.3, -0.25) is 14.9 Å².